The number of fused-ring (bicyclic) bond motifs is 2. The highest BCUT2D eigenvalue weighted by Gasteiger charge is 2.22. The highest BCUT2D eigenvalue weighted by atomic mass is 32.2. The molecule has 0 unspecified atom stereocenters. The van der Waals surface area contributed by atoms with Crippen LogP contribution in [0, 0.1) is 5.92 Å². The van der Waals surface area contributed by atoms with E-state index in [0.717, 1.165) is 25.2 Å². The molecule has 0 bridgehead atoms. The third kappa shape index (κ3) is 2.76. The molecule has 8 nitrogen and oxygen atoms in total. The van der Waals surface area contributed by atoms with E-state index in [1.807, 2.05) is 6.20 Å². The van der Waals surface area contributed by atoms with Crippen molar-refractivity contribution in [3.8, 4) is 0 Å². The second kappa shape index (κ2) is 5.60. The fourth-order valence-electron chi connectivity index (χ4n) is 3.08. The zero-order valence-electron chi connectivity index (χ0n) is 12.8. The van der Waals surface area contributed by atoms with Crippen LogP contribution in [-0.2, 0) is 23.0 Å². The number of hydrogen-bond donors (Lipinski definition) is 3. The van der Waals surface area contributed by atoms with Gasteiger partial charge in [0, 0.05) is 31.9 Å². The van der Waals surface area contributed by atoms with Gasteiger partial charge >= 0.3 is 5.69 Å². The lowest BCUT2D eigenvalue weighted by Crippen LogP contribution is -2.33. The molecule has 24 heavy (non-hydrogen) atoms. The van der Waals surface area contributed by atoms with E-state index in [-0.39, 0.29) is 16.5 Å². The Morgan fingerprint density at radius 2 is 2.12 bits per heavy atom. The lowest BCUT2D eigenvalue weighted by Gasteiger charge is -2.23. The van der Waals surface area contributed by atoms with E-state index in [1.54, 1.807) is 12.3 Å². The highest BCUT2D eigenvalue weighted by molar-refractivity contribution is 7.89. The Hall–Kier alpha value is -2.39. The SMILES string of the molecule is O=c1[nH]c2ccc(S(=O)(=O)NC[C@@H]3CCn4ccnc4C3)cc2[nH]1. The van der Waals surface area contributed by atoms with Gasteiger partial charge in [0.05, 0.1) is 15.9 Å². The van der Waals surface area contributed by atoms with Crippen LogP contribution in [0.3, 0.4) is 0 Å². The van der Waals surface area contributed by atoms with E-state index in [9.17, 15) is 13.2 Å². The van der Waals surface area contributed by atoms with Gasteiger partial charge in [0.2, 0.25) is 10.0 Å². The standard InChI is InChI=1S/C15H17N5O3S/c21-15-18-12-2-1-11(8-13(12)19-15)24(22,23)17-9-10-3-5-20-6-4-16-14(20)7-10/h1-2,4,6,8,10,17H,3,5,7,9H2,(H2,18,19,21)/t10-/m1/s1. The molecule has 0 spiro atoms. The van der Waals surface area contributed by atoms with Crippen LogP contribution in [0.1, 0.15) is 12.2 Å². The van der Waals surface area contributed by atoms with Gasteiger partial charge in [0.25, 0.3) is 0 Å². The van der Waals surface area contributed by atoms with Crippen LogP contribution < -0.4 is 10.4 Å². The molecule has 126 valence electrons. The van der Waals surface area contributed by atoms with Crippen molar-refractivity contribution in [1.82, 2.24) is 24.2 Å². The third-order valence-corrected chi connectivity index (χ3v) is 5.83. The number of hydrogen-bond acceptors (Lipinski definition) is 4. The molecule has 3 N–H and O–H groups in total. The molecular weight excluding hydrogens is 330 g/mol. The van der Waals surface area contributed by atoms with Gasteiger partial charge < -0.3 is 14.5 Å². The van der Waals surface area contributed by atoms with Gasteiger partial charge in [-0.3, -0.25) is 0 Å². The number of H-pyrrole nitrogens is 2. The van der Waals surface area contributed by atoms with Crippen molar-refractivity contribution >= 4 is 21.1 Å². The van der Waals surface area contributed by atoms with Crippen molar-refractivity contribution in [3.63, 3.8) is 0 Å². The molecule has 3 heterocycles. The maximum absolute atomic E-state index is 12.5. The molecule has 1 atom stereocenters. The quantitative estimate of drug-likeness (QED) is 0.641. The van der Waals surface area contributed by atoms with E-state index in [2.05, 4.69) is 24.2 Å². The highest BCUT2D eigenvalue weighted by Crippen LogP contribution is 2.20. The monoisotopic (exact) mass is 347 g/mol. The minimum absolute atomic E-state index is 0.141. The van der Waals surface area contributed by atoms with Gasteiger partial charge in [-0.25, -0.2) is 22.9 Å². The zero-order valence-corrected chi connectivity index (χ0v) is 13.6. The van der Waals surface area contributed by atoms with E-state index in [0.29, 0.717) is 17.6 Å². The van der Waals surface area contributed by atoms with Crippen LogP contribution in [0.4, 0.5) is 0 Å². The first-order chi connectivity index (χ1) is 11.5. The predicted octanol–water partition coefficient (Wildman–Crippen LogP) is 0.594. The summed E-state index contributed by atoms with van der Waals surface area (Å²) in [5.74, 6) is 1.22. The minimum atomic E-state index is -3.62. The van der Waals surface area contributed by atoms with Gasteiger partial charge in [-0.2, -0.15) is 0 Å². The molecule has 0 saturated heterocycles. The van der Waals surface area contributed by atoms with Crippen LogP contribution in [0.25, 0.3) is 11.0 Å². The Kier molecular flexibility index (Phi) is 3.54. The maximum atomic E-state index is 12.5. The van der Waals surface area contributed by atoms with Crippen LogP contribution in [-0.4, -0.2) is 34.5 Å². The summed E-state index contributed by atoms with van der Waals surface area (Å²) in [6.07, 6.45) is 5.40. The number of imidazole rings is 2. The summed E-state index contributed by atoms with van der Waals surface area (Å²) in [5, 5.41) is 0. The average molecular weight is 347 g/mol. The number of rotatable bonds is 4. The Labute approximate surface area is 138 Å². The van der Waals surface area contributed by atoms with Crippen molar-refractivity contribution < 1.29 is 8.42 Å². The predicted molar refractivity (Wildman–Crippen MR) is 88.1 cm³/mol. The summed E-state index contributed by atoms with van der Waals surface area (Å²) in [7, 11) is -3.62. The van der Waals surface area contributed by atoms with Crippen LogP contribution in [0.5, 0.6) is 0 Å². The lowest BCUT2D eigenvalue weighted by molar-refractivity contribution is 0.379. The summed E-state index contributed by atoms with van der Waals surface area (Å²) in [4.78, 5) is 20.9. The van der Waals surface area contributed by atoms with Gasteiger partial charge in [0.1, 0.15) is 5.82 Å². The van der Waals surface area contributed by atoms with E-state index in [4.69, 9.17) is 0 Å². The first kappa shape index (κ1) is 15.2. The van der Waals surface area contributed by atoms with Crippen molar-refractivity contribution in [2.75, 3.05) is 6.54 Å². The topological polar surface area (TPSA) is 113 Å². The molecule has 0 aliphatic carbocycles. The average Bonchev–Trinajstić information content (AvgIpc) is 3.16. The molecule has 4 rings (SSSR count). The van der Waals surface area contributed by atoms with Crippen LogP contribution in [0.2, 0.25) is 0 Å². The van der Waals surface area contributed by atoms with E-state index in [1.165, 1.54) is 12.1 Å². The fourth-order valence-corrected chi connectivity index (χ4v) is 4.22. The number of aryl methyl sites for hydroxylation is 1. The molecule has 1 aliphatic heterocycles. The Morgan fingerprint density at radius 1 is 1.29 bits per heavy atom. The first-order valence-corrected chi connectivity index (χ1v) is 9.21. The summed E-state index contributed by atoms with van der Waals surface area (Å²) in [5.41, 5.74) is 0.700. The van der Waals surface area contributed by atoms with Crippen LogP contribution in [0.15, 0.2) is 40.3 Å². The molecule has 0 fully saturated rings. The molecule has 1 aromatic carbocycles. The lowest BCUT2D eigenvalue weighted by atomic mass is 9.98. The summed E-state index contributed by atoms with van der Waals surface area (Å²) in [6, 6.07) is 4.53. The second-order valence-electron chi connectivity index (χ2n) is 6.03. The van der Waals surface area contributed by atoms with Crippen molar-refractivity contribution in [3.05, 3.63) is 46.9 Å². The molecular formula is C15H17N5O3S. The second-order valence-corrected chi connectivity index (χ2v) is 7.80. The molecule has 0 saturated carbocycles. The summed E-state index contributed by atoms with van der Waals surface area (Å²) >= 11 is 0. The number of nitrogens with zero attached hydrogens (tertiary/aromatic N) is 2. The molecule has 0 radical (unpaired) electrons. The molecule has 0 amide bonds. The van der Waals surface area contributed by atoms with E-state index >= 15 is 0 Å². The van der Waals surface area contributed by atoms with Crippen LogP contribution >= 0.6 is 0 Å². The number of aromatic nitrogens is 4. The Bertz CT molecular complexity index is 1050. The maximum Gasteiger partial charge on any atom is 0.323 e. The number of nitrogens with one attached hydrogen (secondary N) is 3. The van der Waals surface area contributed by atoms with Gasteiger partial charge in [-0.05, 0) is 30.5 Å². The van der Waals surface area contributed by atoms with Crippen molar-refractivity contribution in [1.29, 1.82) is 0 Å². The normalized spacial score (nSPS) is 17.9. The number of benzene rings is 1. The largest absolute Gasteiger partial charge is 0.335 e. The minimum Gasteiger partial charge on any atom is -0.335 e. The van der Waals surface area contributed by atoms with E-state index < -0.39 is 10.0 Å². The molecule has 3 aromatic rings. The molecule has 1 aliphatic rings. The third-order valence-electron chi connectivity index (χ3n) is 4.41. The van der Waals surface area contributed by atoms with Crippen molar-refractivity contribution in [2.45, 2.75) is 24.3 Å². The fraction of sp³-hybridized carbons (Fsp3) is 0.333. The summed E-state index contributed by atoms with van der Waals surface area (Å²) < 4.78 is 29.7. The van der Waals surface area contributed by atoms with Crippen molar-refractivity contribution in [2.24, 2.45) is 5.92 Å². The molecule has 2 aromatic heterocycles. The number of aromatic amines is 2. The van der Waals surface area contributed by atoms with Gasteiger partial charge in [-0.1, -0.05) is 0 Å². The Morgan fingerprint density at radius 3 is 3.00 bits per heavy atom. The first-order valence-electron chi connectivity index (χ1n) is 7.73. The zero-order chi connectivity index (χ0) is 16.7. The Balaban J connectivity index is 1.49. The number of sulfonamides is 1. The van der Waals surface area contributed by atoms with Gasteiger partial charge in [-0.15, -0.1) is 0 Å². The smallest absolute Gasteiger partial charge is 0.323 e. The molecule has 9 heteroatoms. The van der Waals surface area contributed by atoms with Gasteiger partial charge in [0.15, 0.2) is 0 Å². The summed E-state index contributed by atoms with van der Waals surface area (Å²) in [6.45, 7) is 1.23.